The predicted molar refractivity (Wildman–Crippen MR) is 140 cm³/mol. The third kappa shape index (κ3) is 16.3. The van der Waals surface area contributed by atoms with Gasteiger partial charge in [0.15, 0.2) is 0 Å². The van der Waals surface area contributed by atoms with E-state index >= 15 is 0 Å². The van der Waals surface area contributed by atoms with Crippen LogP contribution in [0.1, 0.15) is 82.9 Å². The molecule has 4 aromatic carbocycles. The van der Waals surface area contributed by atoms with Crippen LogP contribution in [-0.4, -0.2) is 47.8 Å². The van der Waals surface area contributed by atoms with Crippen LogP contribution in [-0.2, 0) is 43.4 Å². The van der Waals surface area contributed by atoms with Crippen molar-refractivity contribution in [2.24, 2.45) is 0 Å². The number of hydrogen-bond donors (Lipinski definition) is 0. The van der Waals surface area contributed by atoms with Crippen molar-refractivity contribution in [1.82, 2.24) is 0 Å². The molecule has 4 aromatic rings. The Balaban J connectivity index is 0. The van der Waals surface area contributed by atoms with Gasteiger partial charge in [0.25, 0.3) is 0 Å². The first-order chi connectivity index (χ1) is 22.4. The van der Waals surface area contributed by atoms with Crippen LogP contribution in [0.15, 0.2) is 97.1 Å². The number of carbonyl (C=O) groups is 8. The molecule has 16 nitrogen and oxygen atoms in total. The van der Waals surface area contributed by atoms with Gasteiger partial charge in [-0.25, -0.2) is 0 Å². The molecular formula is C32H16O16Ti2. The maximum atomic E-state index is 10.3. The van der Waals surface area contributed by atoms with Crippen molar-refractivity contribution in [2.45, 2.75) is 0 Å². The molecule has 0 aromatic heterocycles. The molecule has 50 heavy (non-hydrogen) atoms. The molecule has 0 aliphatic heterocycles. The van der Waals surface area contributed by atoms with E-state index in [4.69, 9.17) is 0 Å². The maximum Gasteiger partial charge on any atom is 4.00 e. The molecule has 0 aliphatic rings. The van der Waals surface area contributed by atoms with Crippen molar-refractivity contribution >= 4 is 47.8 Å². The van der Waals surface area contributed by atoms with Crippen molar-refractivity contribution in [3.8, 4) is 0 Å². The van der Waals surface area contributed by atoms with Gasteiger partial charge in [-0.2, -0.15) is 0 Å². The number of carboxylic acids is 8. The molecular weight excluding hydrogens is 736 g/mol. The van der Waals surface area contributed by atoms with Crippen molar-refractivity contribution < 1.29 is 123 Å². The topological polar surface area (TPSA) is 321 Å². The van der Waals surface area contributed by atoms with E-state index in [1.165, 1.54) is 72.8 Å². The van der Waals surface area contributed by atoms with Crippen LogP contribution >= 0.6 is 0 Å². The summed E-state index contributed by atoms with van der Waals surface area (Å²) < 4.78 is 0. The molecule has 0 atom stereocenters. The third-order valence-corrected chi connectivity index (χ3v) is 5.34. The number of hydrogen-bond acceptors (Lipinski definition) is 16. The summed E-state index contributed by atoms with van der Waals surface area (Å²) in [5.41, 5.74) is -1.36. The van der Waals surface area contributed by atoms with E-state index in [1.54, 1.807) is 0 Å². The average molecular weight is 752 g/mol. The minimum absolute atomic E-state index is 0. The van der Waals surface area contributed by atoms with Crippen LogP contribution in [0.25, 0.3) is 0 Å². The second-order valence-corrected chi connectivity index (χ2v) is 8.62. The predicted octanol–water partition coefficient (Wildman–Crippen LogP) is -6.35. The molecule has 0 unspecified atom stereocenters. The second kappa shape index (κ2) is 22.6. The molecule has 18 heteroatoms. The van der Waals surface area contributed by atoms with Gasteiger partial charge >= 0.3 is 43.4 Å². The SMILES string of the molecule is O=C([O-])c1cccc(C(=O)[O-])c1.O=C([O-])c1cccc(C(=O)[O-])c1.O=C([O-])c1cccc(C(=O)[O-])c1.O=C([O-])c1cccc(C(=O)[O-])c1.[Ti+4].[Ti+4]. The Morgan fingerprint density at radius 1 is 0.260 bits per heavy atom. The molecule has 0 saturated heterocycles. The van der Waals surface area contributed by atoms with Gasteiger partial charge in [-0.05, 0) is 68.8 Å². The standard InChI is InChI=1S/4C8H6O4.2Ti/c4*9-7(10)5-2-1-3-6(4-5)8(11)12;;/h4*1-4H,(H,9,10)(H,11,12);;/q;;;;2*+4/p-8. The molecule has 0 spiro atoms. The Kier molecular flexibility index (Phi) is 20.9. The van der Waals surface area contributed by atoms with E-state index in [0.29, 0.717) is 0 Å². The molecule has 248 valence electrons. The Labute approximate surface area is 310 Å². The minimum atomic E-state index is -1.40. The Hall–Kier alpha value is -5.93. The van der Waals surface area contributed by atoms with E-state index < -0.39 is 47.8 Å². The van der Waals surface area contributed by atoms with Gasteiger partial charge in [0, 0.05) is 0 Å². The van der Waals surface area contributed by atoms with Gasteiger partial charge in [0.2, 0.25) is 0 Å². The second-order valence-electron chi connectivity index (χ2n) is 8.62. The number of carboxylic acid groups (broad SMARTS) is 8. The fourth-order valence-corrected chi connectivity index (χ4v) is 3.09. The zero-order chi connectivity index (χ0) is 36.6. The van der Waals surface area contributed by atoms with Crippen LogP contribution in [0.5, 0.6) is 0 Å². The van der Waals surface area contributed by atoms with Gasteiger partial charge < -0.3 is 79.2 Å². The molecule has 0 N–H and O–H groups in total. The monoisotopic (exact) mass is 752 g/mol. The van der Waals surface area contributed by atoms with Crippen molar-refractivity contribution in [1.29, 1.82) is 0 Å². The molecule has 0 saturated carbocycles. The van der Waals surface area contributed by atoms with Crippen LogP contribution in [0, 0.1) is 0 Å². The fourth-order valence-electron chi connectivity index (χ4n) is 3.09. The van der Waals surface area contributed by atoms with Crippen LogP contribution in [0.4, 0.5) is 0 Å². The first-order valence-corrected chi connectivity index (χ1v) is 12.6. The molecule has 0 heterocycles. The zero-order valence-electron chi connectivity index (χ0n) is 24.8. The Morgan fingerprint density at radius 2 is 0.360 bits per heavy atom. The smallest absolute Gasteiger partial charge is 0.545 e. The van der Waals surface area contributed by atoms with Crippen LogP contribution < -0.4 is 40.9 Å². The summed E-state index contributed by atoms with van der Waals surface area (Å²) in [6.07, 6.45) is 0. The van der Waals surface area contributed by atoms with Crippen molar-refractivity contribution in [2.75, 3.05) is 0 Å². The summed E-state index contributed by atoms with van der Waals surface area (Å²) in [7, 11) is 0. The largest absolute Gasteiger partial charge is 4.00 e. The molecule has 0 aliphatic carbocycles. The minimum Gasteiger partial charge on any atom is -0.545 e. The van der Waals surface area contributed by atoms with E-state index in [9.17, 15) is 79.2 Å². The van der Waals surface area contributed by atoms with Gasteiger partial charge in [-0.3, -0.25) is 0 Å². The normalized spacial score (nSPS) is 8.96. The quantitative estimate of drug-likeness (QED) is 0.151. The zero-order valence-corrected chi connectivity index (χ0v) is 27.9. The van der Waals surface area contributed by atoms with E-state index in [1.807, 2.05) is 0 Å². The van der Waals surface area contributed by atoms with Crippen LogP contribution in [0.2, 0.25) is 0 Å². The van der Waals surface area contributed by atoms with E-state index in [2.05, 4.69) is 0 Å². The van der Waals surface area contributed by atoms with Gasteiger partial charge in [0.1, 0.15) is 0 Å². The number of carbonyl (C=O) groups excluding carboxylic acids is 8. The van der Waals surface area contributed by atoms with Crippen molar-refractivity contribution in [3.05, 3.63) is 142 Å². The van der Waals surface area contributed by atoms with Gasteiger partial charge in [-0.15, -0.1) is 0 Å². The summed E-state index contributed by atoms with van der Waals surface area (Å²) in [6, 6.07) is 19.2. The van der Waals surface area contributed by atoms with Gasteiger partial charge in [0.05, 0.1) is 47.8 Å². The molecule has 0 fully saturated rings. The fraction of sp³-hybridized carbons (Fsp3) is 0. The molecule has 4 rings (SSSR count). The number of rotatable bonds is 8. The summed E-state index contributed by atoms with van der Waals surface area (Å²) in [6.45, 7) is 0. The molecule has 0 bridgehead atoms. The number of aromatic carboxylic acids is 8. The maximum absolute atomic E-state index is 10.3. The number of benzene rings is 4. The van der Waals surface area contributed by atoms with Crippen molar-refractivity contribution in [3.63, 3.8) is 0 Å². The molecule has 0 radical (unpaired) electrons. The first-order valence-electron chi connectivity index (χ1n) is 12.6. The van der Waals surface area contributed by atoms with Gasteiger partial charge in [-0.1, -0.05) is 72.8 Å². The van der Waals surface area contributed by atoms with E-state index in [0.717, 1.165) is 24.3 Å². The Bertz CT molecular complexity index is 1480. The summed E-state index contributed by atoms with van der Waals surface area (Å²) in [4.78, 5) is 82.0. The Morgan fingerprint density at radius 3 is 0.440 bits per heavy atom. The first kappa shape index (κ1) is 46.2. The average Bonchev–Trinajstić information content (AvgIpc) is 3.05. The summed E-state index contributed by atoms with van der Waals surface area (Å²) in [5.74, 6) is -11.2. The summed E-state index contributed by atoms with van der Waals surface area (Å²) >= 11 is 0. The third-order valence-electron chi connectivity index (χ3n) is 5.34. The summed E-state index contributed by atoms with van der Waals surface area (Å²) in [5, 5.41) is 82.0. The molecule has 0 amide bonds. The van der Waals surface area contributed by atoms with E-state index in [-0.39, 0.29) is 87.9 Å². The van der Waals surface area contributed by atoms with Crippen LogP contribution in [0.3, 0.4) is 0 Å².